The summed E-state index contributed by atoms with van der Waals surface area (Å²) in [4.78, 5) is 12.6. The van der Waals surface area contributed by atoms with Crippen LogP contribution in [0.4, 0.5) is 0 Å². The molecule has 0 saturated heterocycles. The van der Waals surface area contributed by atoms with E-state index in [-0.39, 0.29) is 5.56 Å². The first kappa shape index (κ1) is 22.1. The topological polar surface area (TPSA) is 43.3 Å². The molecule has 0 aliphatic rings. The van der Waals surface area contributed by atoms with Gasteiger partial charge in [-0.1, -0.05) is 44.5 Å². The van der Waals surface area contributed by atoms with E-state index in [0.29, 0.717) is 12.5 Å². The molecule has 1 atom stereocenters. The molecule has 3 aromatic rings. The number of rotatable bonds is 11. The van der Waals surface area contributed by atoms with Crippen molar-refractivity contribution in [2.24, 2.45) is 5.92 Å². The first-order chi connectivity index (χ1) is 14.6. The van der Waals surface area contributed by atoms with Gasteiger partial charge < -0.3 is 14.6 Å². The molecule has 0 radical (unpaired) electrons. The van der Waals surface area contributed by atoms with Crippen molar-refractivity contribution < 1.29 is 4.74 Å². The molecule has 30 heavy (non-hydrogen) atoms. The average molecular weight is 407 g/mol. The van der Waals surface area contributed by atoms with Crippen LogP contribution in [-0.4, -0.2) is 24.8 Å². The van der Waals surface area contributed by atoms with Crippen LogP contribution in [0.2, 0.25) is 0 Å². The molecule has 1 heterocycles. The van der Waals surface area contributed by atoms with Gasteiger partial charge in [0.05, 0.1) is 19.2 Å². The van der Waals surface area contributed by atoms with Gasteiger partial charge in [-0.05, 0) is 79.0 Å². The number of nitrogens with one attached hydrogen (secondary N) is 1. The van der Waals surface area contributed by atoms with Gasteiger partial charge in [0.1, 0.15) is 5.75 Å². The molecule has 160 valence electrons. The molecule has 0 saturated carbocycles. The summed E-state index contributed by atoms with van der Waals surface area (Å²) in [5.74, 6) is 1.49. The molecule has 3 rings (SSSR count). The van der Waals surface area contributed by atoms with Crippen molar-refractivity contribution in [3.05, 3.63) is 76.1 Å². The summed E-state index contributed by atoms with van der Waals surface area (Å²) in [6, 6.07) is 18.0. The van der Waals surface area contributed by atoms with E-state index in [0.717, 1.165) is 48.1 Å². The number of hydrogen-bond acceptors (Lipinski definition) is 3. The largest absolute Gasteiger partial charge is 0.497 e. The maximum Gasteiger partial charge on any atom is 0.251 e. The van der Waals surface area contributed by atoms with Crippen LogP contribution in [0.1, 0.15) is 44.2 Å². The number of aromatic nitrogens is 1. The van der Waals surface area contributed by atoms with E-state index in [4.69, 9.17) is 4.74 Å². The van der Waals surface area contributed by atoms with Gasteiger partial charge in [0.2, 0.25) is 0 Å². The van der Waals surface area contributed by atoms with Crippen molar-refractivity contribution in [3.8, 4) is 5.75 Å². The van der Waals surface area contributed by atoms with Gasteiger partial charge in [0, 0.05) is 6.07 Å². The summed E-state index contributed by atoms with van der Waals surface area (Å²) in [5, 5.41) is 4.59. The third-order valence-corrected chi connectivity index (χ3v) is 5.76. The average Bonchev–Trinajstić information content (AvgIpc) is 2.77. The molecule has 0 aliphatic heterocycles. The Balaban J connectivity index is 1.83. The lowest BCUT2D eigenvalue weighted by atomic mass is 9.92. The number of hydrogen-bond donors (Lipinski definition) is 1. The van der Waals surface area contributed by atoms with Crippen LogP contribution in [0.15, 0.2) is 59.4 Å². The fourth-order valence-electron chi connectivity index (χ4n) is 4.04. The van der Waals surface area contributed by atoms with Crippen LogP contribution in [0.3, 0.4) is 0 Å². The second-order valence-corrected chi connectivity index (χ2v) is 8.02. The monoisotopic (exact) mass is 406 g/mol. The van der Waals surface area contributed by atoms with Crippen LogP contribution < -0.4 is 15.6 Å². The van der Waals surface area contributed by atoms with Crippen molar-refractivity contribution in [1.29, 1.82) is 0 Å². The van der Waals surface area contributed by atoms with Crippen molar-refractivity contribution in [2.45, 2.75) is 46.1 Å². The third-order valence-electron chi connectivity index (χ3n) is 5.76. The predicted molar refractivity (Wildman–Crippen MR) is 126 cm³/mol. The molecule has 0 spiro atoms. The minimum atomic E-state index is 0.0199. The molecule has 0 aliphatic carbocycles. The molecule has 1 unspecified atom stereocenters. The molecule has 4 heteroatoms. The maximum absolute atomic E-state index is 12.6. The number of benzene rings is 2. The highest BCUT2D eigenvalue weighted by Crippen LogP contribution is 2.23. The minimum absolute atomic E-state index is 0.0199. The molecule has 1 N–H and O–H groups in total. The fourth-order valence-corrected chi connectivity index (χ4v) is 4.04. The first-order valence-corrected chi connectivity index (χ1v) is 11.1. The van der Waals surface area contributed by atoms with Gasteiger partial charge in [-0.25, -0.2) is 0 Å². The van der Waals surface area contributed by atoms with E-state index < -0.39 is 0 Å². The van der Waals surface area contributed by atoms with Crippen LogP contribution in [0, 0.1) is 5.92 Å². The van der Waals surface area contributed by atoms with E-state index in [1.54, 1.807) is 13.2 Å². The van der Waals surface area contributed by atoms with Gasteiger partial charge in [0.25, 0.3) is 5.56 Å². The molecule has 2 aromatic carbocycles. The summed E-state index contributed by atoms with van der Waals surface area (Å²) in [7, 11) is 1.71. The Morgan fingerprint density at radius 3 is 2.57 bits per heavy atom. The predicted octanol–water partition coefficient (Wildman–Crippen LogP) is 5.02. The Morgan fingerprint density at radius 1 is 1.00 bits per heavy atom. The number of fused-ring (bicyclic) bond motifs is 1. The number of methoxy groups -OCH3 is 1. The molecule has 4 nitrogen and oxygen atoms in total. The van der Waals surface area contributed by atoms with Crippen LogP contribution in [0.5, 0.6) is 5.75 Å². The number of para-hydroxylation sites is 1. The Hall–Kier alpha value is -2.59. The number of pyridine rings is 1. The maximum atomic E-state index is 12.6. The normalized spacial score (nSPS) is 12.2. The SMILES string of the molecule is CCCNCCC(CC)Cc1cc(Cn2c(=O)ccc3ccccc32)cc(OC)c1. The Kier molecular flexibility index (Phi) is 8.09. The molecular weight excluding hydrogens is 372 g/mol. The van der Waals surface area contributed by atoms with Crippen LogP contribution in [0.25, 0.3) is 10.9 Å². The Bertz CT molecular complexity index is 1010. The highest BCUT2D eigenvalue weighted by atomic mass is 16.5. The van der Waals surface area contributed by atoms with Gasteiger partial charge in [-0.3, -0.25) is 4.79 Å². The molecule has 0 amide bonds. The summed E-state index contributed by atoms with van der Waals surface area (Å²) in [6.45, 7) is 7.15. The Labute approximate surface area is 179 Å². The number of ether oxygens (including phenoxy) is 1. The molecule has 1 aromatic heterocycles. The zero-order valence-corrected chi connectivity index (χ0v) is 18.5. The smallest absolute Gasteiger partial charge is 0.251 e. The van der Waals surface area contributed by atoms with E-state index >= 15 is 0 Å². The van der Waals surface area contributed by atoms with E-state index in [1.165, 1.54) is 18.4 Å². The van der Waals surface area contributed by atoms with E-state index in [9.17, 15) is 4.79 Å². The zero-order valence-electron chi connectivity index (χ0n) is 18.5. The highest BCUT2D eigenvalue weighted by molar-refractivity contribution is 5.78. The fraction of sp³-hybridized carbons (Fsp3) is 0.423. The van der Waals surface area contributed by atoms with Crippen molar-refractivity contribution in [1.82, 2.24) is 9.88 Å². The zero-order chi connectivity index (χ0) is 21.3. The Morgan fingerprint density at radius 2 is 1.80 bits per heavy atom. The minimum Gasteiger partial charge on any atom is -0.497 e. The molecule has 0 bridgehead atoms. The lowest BCUT2D eigenvalue weighted by molar-refractivity contribution is 0.411. The lowest BCUT2D eigenvalue weighted by Gasteiger charge is -2.17. The van der Waals surface area contributed by atoms with Crippen LogP contribution >= 0.6 is 0 Å². The highest BCUT2D eigenvalue weighted by Gasteiger charge is 2.11. The summed E-state index contributed by atoms with van der Waals surface area (Å²) < 4.78 is 7.43. The second kappa shape index (κ2) is 11.0. The van der Waals surface area contributed by atoms with Gasteiger partial charge in [-0.2, -0.15) is 0 Å². The molecule has 0 fully saturated rings. The van der Waals surface area contributed by atoms with Crippen molar-refractivity contribution in [2.75, 3.05) is 20.2 Å². The van der Waals surface area contributed by atoms with Crippen molar-refractivity contribution >= 4 is 10.9 Å². The van der Waals surface area contributed by atoms with E-state index in [2.05, 4.69) is 31.3 Å². The third kappa shape index (κ3) is 5.73. The van der Waals surface area contributed by atoms with Gasteiger partial charge >= 0.3 is 0 Å². The van der Waals surface area contributed by atoms with Crippen molar-refractivity contribution in [3.63, 3.8) is 0 Å². The summed E-state index contributed by atoms with van der Waals surface area (Å²) in [5.41, 5.74) is 3.36. The lowest BCUT2D eigenvalue weighted by Crippen LogP contribution is -2.20. The van der Waals surface area contributed by atoms with E-state index in [1.807, 2.05) is 41.0 Å². The first-order valence-electron chi connectivity index (χ1n) is 11.1. The quantitative estimate of drug-likeness (QED) is 0.455. The number of nitrogens with zero attached hydrogens (tertiary/aromatic N) is 1. The molecular formula is C26H34N2O2. The summed E-state index contributed by atoms with van der Waals surface area (Å²) >= 11 is 0. The van der Waals surface area contributed by atoms with Crippen LogP contribution in [-0.2, 0) is 13.0 Å². The second-order valence-electron chi connectivity index (χ2n) is 8.02. The van der Waals surface area contributed by atoms with Gasteiger partial charge in [-0.15, -0.1) is 0 Å². The van der Waals surface area contributed by atoms with Gasteiger partial charge in [0.15, 0.2) is 0 Å². The summed E-state index contributed by atoms with van der Waals surface area (Å²) in [6.07, 6.45) is 4.53. The standard InChI is InChI=1S/C26H34N2O2/c1-4-13-27-14-12-20(5-2)15-21-16-22(18-24(17-21)30-3)19-28-25-9-7-6-8-23(25)10-11-26(28)29/h6-11,16-18,20,27H,4-5,12-15,19H2,1-3H3.